The van der Waals surface area contributed by atoms with E-state index in [1.165, 1.54) is 32.1 Å². The summed E-state index contributed by atoms with van der Waals surface area (Å²) in [4.78, 5) is 0. The van der Waals surface area contributed by atoms with Crippen molar-refractivity contribution in [3.63, 3.8) is 0 Å². The zero-order chi connectivity index (χ0) is 14.7. The number of rotatable bonds is 5. The summed E-state index contributed by atoms with van der Waals surface area (Å²) in [6.07, 6.45) is 6.54. The zero-order valence-corrected chi connectivity index (χ0v) is 13.3. The molecule has 116 valence electrons. The Morgan fingerprint density at radius 1 is 1.19 bits per heavy atom. The van der Waals surface area contributed by atoms with E-state index in [1.807, 2.05) is 0 Å². The molecule has 3 fully saturated rings. The number of hydrogen-bond donors (Lipinski definition) is 2. The average Bonchev–Trinajstić information content (AvgIpc) is 2.94. The Hall–Kier alpha value is -1.10. The van der Waals surface area contributed by atoms with Crippen LogP contribution in [0.1, 0.15) is 58.8 Å². The van der Waals surface area contributed by atoms with Crippen LogP contribution in [0.15, 0.2) is 4.42 Å². The maximum absolute atomic E-state index is 5.77. The summed E-state index contributed by atoms with van der Waals surface area (Å²) in [5.74, 6) is 1.51. The highest BCUT2D eigenvalue weighted by Crippen LogP contribution is 2.63. The molecule has 2 bridgehead atoms. The predicted molar refractivity (Wildman–Crippen MR) is 80.8 cm³/mol. The molecular formula is C16H26N4O. The lowest BCUT2D eigenvalue weighted by Crippen LogP contribution is -2.45. The standard InChI is InChI=1S/C16H26N4O/c1-15(2)10-6-7-16(3,8-10)13(15)18-14-20-19-12(21-14)9-17-11-4-5-11/h10-11,13,17H,4-9H2,1-3H3,(H,18,20). The molecule has 0 radical (unpaired) electrons. The first-order chi connectivity index (χ1) is 9.97. The molecule has 0 amide bonds. The third-order valence-electron chi connectivity index (χ3n) is 6.12. The fourth-order valence-corrected chi connectivity index (χ4v) is 4.69. The molecule has 3 aliphatic rings. The average molecular weight is 290 g/mol. The van der Waals surface area contributed by atoms with Gasteiger partial charge in [0.2, 0.25) is 5.89 Å². The molecule has 2 N–H and O–H groups in total. The van der Waals surface area contributed by atoms with Crippen molar-refractivity contribution in [2.24, 2.45) is 16.7 Å². The van der Waals surface area contributed by atoms with Crippen molar-refractivity contribution in [2.75, 3.05) is 5.32 Å². The van der Waals surface area contributed by atoms with Crippen molar-refractivity contribution in [1.29, 1.82) is 0 Å². The summed E-state index contributed by atoms with van der Waals surface area (Å²) in [5.41, 5.74) is 0.670. The molecule has 3 saturated carbocycles. The van der Waals surface area contributed by atoms with E-state index in [4.69, 9.17) is 4.42 Å². The minimum atomic E-state index is 0.299. The molecule has 0 aromatic carbocycles. The zero-order valence-electron chi connectivity index (χ0n) is 13.3. The summed E-state index contributed by atoms with van der Waals surface area (Å²) in [6, 6.07) is 1.68. The van der Waals surface area contributed by atoms with E-state index >= 15 is 0 Å². The van der Waals surface area contributed by atoms with E-state index in [0.717, 1.165) is 5.92 Å². The highest BCUT2D eigenvalue weighted by Gasteiger charge is 2.59. The summed E-state index contributed by atoms with van der Waals surface area (Å²) < 4.78 is 5.77. The molecule has 1 heterocycles. The molecule has 1 aromatic rings. The normalized spacial score (nSPS) is 37.1. The molecule has 5 heteroatoms. The Morgan fingerprint density at radius 3 is 2.67 bits per heavy atom. The molecule has 21 heavy (non-hydrogen) atoms. The third kappa shape index (κ3) is 2.26. The minimum Gasteiger partial charge on any atom is -0.407 e. The first-order valence-electron chi connectivity index (χ1n) is 8.30. The van der Waals surface area contributed by atoms with Crippen LogP contribution in [0.3, 0.4) is 0 Å². The van der Waals surface area contributed by atoms with Gasteiger partial charge in [0.05, 0.1) is 6.54 Å². The Balaban J connectivity index is 1.45. The lowest BCUT2D eigenvalue weighted by atomic mass is 9.68. The van der Waals surface area contributed by atoms with Gasteiger partial charge < -0.3 is 15.1 Å². The molecule has 4 rings (SSSR count). The molecular weight excluding hydrogens is 264 g/mol. The maximum atomic E-state index is 5.77. The molecule has 3 unspecified atom stereocenters. The second-order valence-electron chi connectivity index (χ2n) is 8.15. The van der Waals surface area contributed by atoms with Crippen LogP contribution >= 0.6 is 0 Å². The lowest BCUT2D eigenvalue weighted by molar-refractivity contribution is 0.153. The van der Waals surface area contributed by atoms with Gasteiger partial charge in [-0.15, -0.1) is 5.10 Å². The fraction of sp³-hybridized carbons (Fsp3) is 0.875. The molecule has 3 aliphatic carbocycles. The van der Waals surface area contributed by atoms with Crippen molar-refractivity contribution in [2.45, 2.75) is 71.5 Å². The van der Waals surface area contributed by atoms with Gasteiger partial charge in [0.15, 0.2) is 0 Å². The van der Waals surface area contributed by atoms with Gasteiger partial charge in [0.25, 0.3) is 0 Å². The maximum Gasteiger partial charge on any atom is 0.315 e. The predicted octanol–water partition coefficient (Wildman–Crippen LogP) is 2.95. The highest BCUT2D eigenvalue weighted by atomic mass is 16.4. The van der Waals surface area contributed by atoms with Gasteiger partial charge in [0.1, 0.15) is 0 Å². The van der Waals surface area contributed by atoms with E-state index in [9.17, 15) is 0 Å². The van der Waals surface area contributed by atoms with Crippen molar-refractivity contribution < 1.29 is 4.42 Å². The summed E-state index contributed by atoms with van der Waals surface area (Å²) in [6.45, 7) is 7.86. The summed E-state index contributed by atoms with van der Waals surface area (Å²) in [5, 5.41) is 15.3. The number of hydrogen-bond acceptors (Lipinski definition) is 5. The van der Waals surface area contributed by atoms with Crippen LogP contribution in [0.2, 0.25) is 0 Å². The molecule has 0 aliphatic heterocycles. The van der Waals surface area contributed by atoms with Gasteiger partial charge in [-0.25, -0.2) is 0 Å². The van der Waals surface area contributed by atoms with Gasteiger partial charge in [-0.1, -0.05) is 25.9 Å². The number of nitrogens with zero attached hydrogens (tertiary/aromatic N) is 2. The smallest absolute Gasteiger partial charge is 0.315 e. The number of anilines is 1. The Kier molecular flexibility index (Phi) is 2.87. The van der Waals surface area contributed by atoms with Crippen LogP contribution in [0, 0.1) is 16.7 Å². The van der Waals surface area contributed by atoms with E-state index in [-0.39, 0.29) is 0 Å². The van der Waals surface area contributed by atoms with Crippen molar-refractivity contribution in [3.8, 4) is 0 Å². The number of aromatic nitrogens is 2. The van der Waals surface area contributed by atoms with Crippen LogP contribution in [0.5, 0.6) is 0 Å². The number of nitrogens with one attached hydrogen (secondary N) is 2. The van der Waals surface area contributed by atoms with Crippen LogP contribution in [0.4, 0.5) is 6.01 Å². The van der Waals surface area contributed by atoms with Crippen LogP contribution in [-0.4, -0.2) is 22.3 Å². The van der Waals surface area contributed by atoms with E-state index in [0.29, 0.717) is 41.4 Å². The van der Waals surface area contributed by atoms with Crippen molar-refractivity contribution in [1.82, 2.24) is 15.5 Å². The van der Waals surface area contributed by atoms with Crippen molar-refractivity contribution >= 4 is 6.01 Å². The monoisotopic (exact) mass is 290 g/mol. The Labute approximate surface area is 126 Å². The van der Waals surface area contributed by atoms with Crippen LogP contribution in [0.25, 0.3) is 0 Å². The SMILES string of the molecule is CC12CCC(C1)C(C)(C)C2Nc1nnc(CNC2CC2)o1. The highest BCUT2D eigenvalue weighted by molar-refractivity contribution is 5.28. The first kappa shape index (κ1) is 13.6. The van der Waals surface area contributed by atoms with Gasteiger partial charge in [-0.2, -0.15) is 0 Å². The Bertz CT molecular complexity index is 531. The summed E-state index contributed by atoms with van der Waals surface area (Å²) in [7, 11) is 0. The second kappa shape index (κ2) is 4.45. The van der Waals surface area contributed by atoms with E-state index in [2.05, 4.69) is 41.6 Å². The first-order valence-corrected chi connectivity index (χ1v) is 8.30. The van der Waals surface area contributed by atoms with Gasteiger partial charge in [-0.05, 0) is 48.9 Å². The van der Waals surface area contributed by atoms with Gasteiger partial charge in [0, 0.05) is 12.1 Å². The van der Waals surface area contributed by atoms with Crippen LogP contribution < -0.4 is 10.6 Å². The lowest BCUT2D eigenvalue weighted by Gasteiger charge is -2.42. The van der Waals surface area contributed by atoms with Crippen LogP contribution in [-0.2, 0) is 6.54 Å². The molecule has 5 nitrogen and oxygen atoms in total. The second-order valence-corrected chi connectivity index (χ2v) is 8.15. The van der Waals surface area contributed by atoms with E-state index in [1.54, 1.807) is 0 Å². The third-order valence-corrected chi connectivity index (χ3v) is 6.12. The Morgan fingerprint density at radius 2 is 2.00 bits per heavy atom. The van der Waals surface area contributed by atoms with Gasteiger partial charge in [-0.3, -0.25) is 0 Å². The molecule has 1 aromatic heterocycles. The van der Waals surface area contributed by atoms with E-state index < -0.39 is 0 Å². The molecule has 0 saturated heterocycles. The topological polar surface area (TPSA) is 63.0 Å². The largest absolute Gasteiger partial charge is 0.407 e. The minimum absolute atomic E-state index is 0.299. The molecule has 3 atom stereocenters. The summed E-state index contributed by atoms with van der Waals surface area (Å²) >= 11 is 0. The fourth-order valence-electron chi connectivity index (χ4n) is 4.69. The number of fused-ring (bicyclic) bond motifs is 2. The molecule has 0 spiro atoms. The van der Waals surface area contributed by atoms with Gasteiger partial charge >= 0.3 is 6.01 Å². The van der Waals surface area contributed by atoms with Crippen molar-refractivity contribution in [3.05, 3.63) is 5.89 Å². The quantitative estimate of drug-likeness (QED) is 0.873.